The lowest BCUT2D eigenvalue weighted by Crippen LogP contribution is -2.30. The van der Waals surface area contributed by atoms with Gasteiger partial charge < -0.3 is 14.2 Å². The van der Waals surface area contributed by atoms with Crippen molar-refractivity contribution in [1.82, 2.24) is 14.7 Å². The van der Waals surface area contributed by atoms with E-state index in [9.17, 15) is 8.42 Å². The van der Waals surface area contributed by atoms with Gasteiger partial charge in [0.05, 0.1) is 19.2 Å². The number of hydrogen-bond donors (Lipinski definition) is 2. The van der Waals surface area contributed by atoms with Crippen molar-refractivity contribution in [2.24, 2.45) is 0 Å². The molecule has 9 nitrogen and oxygen atoms in total. The first-order chi connectivity index (χ1) is 14.8. The standard InChI is InChI=1S/C19H18Cl2N4O5S/c1-28-13-5-3-12(4-6-13)10-24-31(26,27)25-19-17(18(21)22-11-23-19)30-16-9-14(29-2)7-8-15(16)20/h3-9,11,24H,10H2,1-2H3,(H,22,23,25). The number of nitrogens with zero attached hydrogens (tertiary/aromatic N) is 2. The van der Waals surface area contributed by atoms with Crippen LogP contribution in [-0.4, -0.2) is 32.6 Å². The van der Waals surface area contributed by atoms with Crippen molar-refractivity contribution in [3.05, 3.63) is 64.5 Å². The molecule has 0 atom stereocenters. The van der Waals surface area contributed by atoms with Crippen LogP contribution in [0.1, 0.15) is 5.56 Å². The minimum absolute atomic E-state index is 0.0377. The second kappa shape index (κ2) is 10.0. The summed E-state index contributed by atoms with van der Waals surface area (Å²) in [5, 5.41) is 0.147. The molecule has 2 aromatic carbocycles. The van der Waals surface area contributed by atoms with Crippen molar-refractivity contribution in [2.75, 3.05) is 18.9 Å². The van der Waals surface area contributed by atoms with Crippen molar-refractivity contribution in [3.8, 4) is 23.0 Å². The van der Waals surface area contributed by atoms with E-state index in [0.29, 0.717) is 11.5 Å². The number of ether oxygens (including phenoxy) is 3. The molecule has 3 rings (SSSR count). The predicted octanol–water partition coefficient (Wildman–Crippen LogP) is 4.04. The van der Waals surface area contributed by atoms with Gasteiger partial charge in [0.25, 0.3) is 0 Å². The highest BCUT2D eigenvalue weighted by Crippen LogP contribution is 2.38. The quantitative estimate of drug-likeness (QED) is 0.440. The minimum atomic E-state index is -4.02. The zero-order valence-corrected chi connectivity index (χ0v) is 18.8. The van der Waals surface area contributed by atoms with Gasteiger partial charge in [0.15, 0.2) is 11.0 Å². The van der Waals surface area contributed by atoms with Gasteiger partial charge in [0, 0.05) is 12.6 Å². The molecule has 0 aliphatic carbocycles. The summed E-state index contributed by atoms with van der Waals surface area (Å²) >= 11 is 12.3. The number of methoxy groups -OCH3 is 2. The monoisotopic (exact) mass is 484 g/mol. The minimum Gasteiger partial charge on any atom is -0.497 e. The molecule has 3 aromatic rings. The molecular formula is C19H18Cl2N4O5S. The lowest BCUT2D eigenvalue weighted by atomic mass is 10.2. The average molecular weight is 485 g/mol. The van der Waals surface area contributed by atoms with Crippen LogP contribution in [0.25, 0.3) is 0 Å². The van der Waals surface area contributed by atoms with Crippen LogP contribution in [0.15, 0.2) is 48.8 Å². The average Bonchev–Trinajstić information content (AvgIpc) is 2.76. The SMILES string of the molecule is COc1ccc(CNS(=O)(=O)Nc2ncnc(Cl)c2Oc2cc(OC)ccc2Cl)cc1. The van der Waals surface area contributed by atoms with Gasteiger partial charge in [-0.1, -0.05) is 35.3 Å². The number of aromatic nitrogens is 2. The highest BCUT2D eigenvalue weighted by atomic mass is 35.5. The van der Waals surface area contributed by atoms with E-state index >= 15 is 0 Å². The molecular weight excluding hydrogens is 467 g/mol. The topological polar surface area (TPSA) is 112 Å². The van der Waals surface area contributed by atoms with Crippen LogP contribution in [0, 0.1) is 0 Å². The molecule has 12 heteroatoms. The third-order valence-corrected chi connectivity index (χ3v) is 5.54. The summed E-state index contributed by atoms with van der Waals surface area (Å²) in [6.45, 7) is 0.0377. The molecule has 1 heterocycles. The maximum absolute atomic E-state index is 12.5. The first-order valence-corrected chi connectivity index (χ1v) is 11.0. The highest BCUT2D eigenvalue weighted by molar-refractivity contribution is 7.90. The van der Waals surface area contributed by atoms with Gasteiger partial charge >= 0.3 is 10.2 Å². The smallest absolute Gasteiger partial charge is 0.300 e. The fraction of sp³-hybridized carbons (Fsp3) is 0.158. The number of rotatable bonds is 9. The van der Waals surface area contributed by atoms with Crippen molar-refractivity contribution in [3.63, 3.8) is 0 Å². The van der Waals surface area contributed by atoms with E-state index < -0.39 is 10.2 Å². The maximum atomic E-state index is 12.5. The van der Waals surface area contributed by atoms with Crippen LogP contribution in [0.3, 0.4) is 0 Å². The maximum Gasteiger partial charge on any atom is 0.300 e. The van der Waals surface area contributed by atoms with E-state index in [1.165, 1.54) is 13.2 Å². The first kappa shape index (κ1) is 22.9. The van der Waals surface area contributed by atoms with Crippen LogP contribution in [0.2, 0.25) is 10.2 Å². The van der Waals surface area contributed by atoms with Gasteiger partial charge in [-0.3, -0.25) is 4.72 Å². The summed E-state index contributed by atoms with van der Waals surface area (Å²) in [6, 6.07) is 11.7. The van der Waals surface area contributed by atoms with Crippen LogP contribution < -0.4 is 23.7 Å². The van der Waals surface area contributed by atoms with Gasteiger partial charge in [-0.2, -0.15) is 13.1 Å². The molecule has 0 unspecified atom stereocenters. The van der Waals surface area contributed by atoms with Gasteiger partial charge in [-0.15, -0.1) is 0 Å². The fourth-order valence-electron chi connectivity index (χ4n) is 2.40. The first-order valence-electron chi connectivity index (χ1n) is 8.73. The molecule has 0 bridgehead atoms. The van der Waals surface area contributed by atoms with Crippen LogP contribution in [0.4, 0.5) is 5.82 Å². The van der Waals surface area contributed by atoms with Crippen LogP contribution in [0.5, 0.6) is 23.0 Å². The van der Waals surface area contributed by atoms with E-state index in [0.717, 1.165) is 11.9 Å². The number of nitrogens with one attached hydrogen (secondary N) is 2. The van der Waals surface area contributed by atoms with Crippen molar-refractivity contribution >= 4 is 39.2 Å². The third kappa shape index (κ3) is 6.11. The van der Waals surface area contributed by atoms with Gasteiger partial charge in [-0.05, 0) is 29.8 Å². The van der Waals surface area contributed by atoms with Gasteiger partial charge in [-0.25, -0.2) is 9.97 Å². The molecule has 0 aliphatic heterocycles. The van der Waals surface area contributed by atoms with Crippen molar-refractivity contribution in [1.29, 1.82) is 0 Å². The Balaban J connectivity index is 1.78. The number of hydrogen-bond acceptors (Lipinski definition) is 7. The lowest BCUT2D eigenvalue weighted by molar-refractivity contribution is 0.409. The zero-order valence-electron chi connectivity index (χ0n) is 16.4. The Morgan fingerprint density at radius 2 is 1.65 bits per heavy atom. The second-order valence-electron chi connectivity index (χ2n) is 6.02. The third-order valence-electron chi connectivity index (χ3n) is 3.97. The Hall–Kier alpha value is -2.79. The molecule has 0 radical (unpaired) electrons. The van der Waals surface area contributed by atoms with E-state index in [4.69, 9.17) is 37.4 Å². The van der Waals surface area contributed by atoms with Crippen molar-refractivity contribution < 1.29 is 22.6 Å². The lowest BCUT2D eigenvalue weighted by Gasteiger charge is -2.15. The molecule has 0 saturated heterocycles. The number of anilines is 1. The Kier molecular flexibility index (Phi) is 7.39. The largest absolute Gasteiger partial charge is 0.497 e. The molecule has 2 N–H and O–H groups in total. The molecule has 31 heavy (non-hydrogen) atoms. The van der Waals surface area contributed by atoms with E-state index in [-0.39, 0.29) is 34.0 Å². The summed E-state index contributed by atoms with van der Waals surface area (Å²) in [7, 11) is -0.987. The summed E-state index contributed by atoms with van der Waals surface area (Å²) in [4.78, 5) is 7.77. The molecule has 1 aromatic heterocycles. The zero-order chi connectivity index (χ0) is 22.4. The fourth-order valence-corrected chi connectivity index (χ4v) is 3.56. The Morgan fingerprint density at radius 1 is 0.968 bits per heavy atom. The summed E-state index contributed by atoms with van der Waals surface area (Å²) in [6.07, 6.45) is 1.10. The Labute approximate surface area is 189 Å². The van der Waals surface area contributed by atoms with E-state index in [2.05, 4.69) is 19.4 Å². The number of benzene rings is 2. The second-order valence-corrected chi connectivity index (χ2v) is 8.28. The molecule has 0 spiro atoms. The normalized spacial score (nSPS) is 11.1. The summed E-state index contributed by atoms with van der Waals surface area (Å²) in [5.41, 5.74) is 0.728. The molecule has 164 valence electrons. The Bertz CT molecular complexity index is 1160. The van der Waals surface area contributed by atoms with E-state index in [1.54, 1.807) is 43.5 Å². The summed E-state index contributed by atoms with van der Waals surface area (Å²) < 4.78 is 45.7. The van der Waals surface area contributed by atoms with Gasteiger partial charge in [0.2, 0.25) is 5.75 Å². The molecule has 0 amide bonds. The van der Waals surface area contributed by atoms with E-state index in [1.807, 2.05) is 0 Å². The van der Waals surface area contributed by atoms with Crippen molar-refractivity contribution in [2.45, 2.75) is 6.54 Å². The van der Waals surface area contributed by atoms with Gasteiger partial charge in [0.1, 0.15) is 23.6 Å². The predicted molar refractivity (Wildman–Crippen MR) is 117 cm³/mol. The van der Waals surface area contributed by atoms with Crippen LogP contribution in [-0.2, 0) is 16.8 Å². The molecule has 0 fully saturated rings. The summed E-state index contributed by atoms with van der Waals surface area (Å²) in [5.74, 6) is 1.05. The number of halogens is 2. The molecule has 0 aliphatic rings. The Morgan fingerprint density at radius 3 is 2.32 bits per heavy atom. The molecule has 0 saturated carbocycles. The van der Waals surface area contributed by atoms with Crippen LogP contribution >= 0.6 is 23.2 Å². The highest BCUT2D eigenvalue weighted by Gasteiger charge is 2.20.